The average molecular weight is 407 g/mol. The first-order chi connectivity index (χ1) is 14.1. The number of aromatic nitrogens is 3. The number of likely N-dealkylation sites (tertiary alicyclic amines) is 1. The second-order valence-corrected chi connectivity index (χ2v) is 8.63. The summed E-state index contributed by atoms with van der Waals surface area (Å²) in [5, 5.41) is 3.06. The lowest BCUT2D eigenvalue weighted by molar-refractivity contribution is 0.0697. The van der Waals surface area contributed by atoms with Crippen LogP contribution in [0.1, 0.15) is 40.1 Å². The fourth-order valence-electron chi connectivity index (χ4n) is 3.97. The first-order valence-corrected chi connectivity index (χ1v) is 10.7. The molecule has 0 saturated carbocycles. The number of rotatable bonds is 3. The van der Waals surface area contributed by atoms with Crippen LogP contribution in [0.3, 0.4) is 0 Å². The van der Waals surface area contributed by atoms with Crippen molar-refractivity contribution in [3.05, 3.63) is 58.5 Å². The Hall–Kier alpha value is -2.93. The molecule has 0 radical (unpaired) electrons. The Labute approximate surface area is 172 Å². The molecule has 0 aliphatic carbocycles. The zero-order chi connectivity index (χ0) is 20.0. The van der Waals surface area contributed by atoms with Crippen LogP contribution in [0.15, 0.2) is 46.3 Å². The zero-order valence-electron chi connectivity index (χ0n) is 16.5. The molecule has 1 amide bonds. The fourth-order valence-corrected chi connectivity index (χ4v) is 4.59. The Kier molecular flexibility index (Phi) is 4.47. The predicted octanol–water partition coefficient (Wildman–Crippen LogP) is 4.62. The molecule has 0 spiro atoms. The van der Waals surface area contributed by atoms with Crippen molar-refractivity contribution in [3.8, 4) is 11.3 Å². The molecule has 29 heavy (non-hydrogen) atoms. The van der Waals surface area contributed by atoms with Crippen LogP contribution in [-0.2, 0) is 7.05 Å². The Morgan fingerprint density at radius 3 is 2.72 bits per heavy atom. The van der Waals surface area contributed by atoms with E-state index in [0.717, 1.165) is 46.1 Å². The number of oxazole rings is 1. The van der Waals surface area contributed by atoms with Crippen LogP contribution in [-0.4, -0.2) is 38.4 Å². The summed E-state index contributed by atoms with van der Waals surface area (Å²) in [6.45, 7) is 3.40. The molecule has 0 unspecified atom stereocenters. The van der Waals surface area contributed by atoms with E-state index in [2.05, 4.69) is 9.97 Å². The van der Waals surface area contributed by atoms with Crippen molar-refractivity contribution in [2.75, 3.05) is 13.1 Å². The van der Waals surface area contributed by atoms with Gasteiger partial charge in [0.2, 0.25) is 0 Å². The average Bonchev–Trinajstić information content (AvgIpc) is 3.45. The van der Waals surface area contributed by atoms with Crippen LogP contribution >= 0.6 is 11.3 Å². The largest absolute Gasteiger partial charge is 0.440 e. The van der Waals surface area contributed by atoms with Gasteiger partial charge in [0.1, 0.15) is 11.2 Å². The van der Waals surface area contributed by atoms with Crippen LogP contribution in [0.4, 0.5) is 0 Å². The van der Waals surface area contributed by atoms with E-state index in [0.29, 0.717) is 18.8 Å². The predicted molar refractivity (Wildman–Crippen MR) is 113 cm³/mol. The number of aryl methyl sites for hydroxylation is 2. The van der Waals surface area contributed by atoms with Crippen molar-refractivity contribution in [2.24, 2.45) is 7.05 Å². The third-order valence-corrected chi connectivity index (χ3v) is 6.35. The van der Waals surface area contributed by atoms with Crippen molar-refractivity contribution in [1.82, 2.24) is 19.4 Å². The number of amides is 1. The van der Waals surface area contributed by atoms with Gasteiger partial charge in [0.25, 0.3) is 5.91 Å². The molecule has 4 heterocycles. The zero-order valence-corrected chi connectivity index (χ0v) is 17.3. The van der Waals surface area contributed by atoms with E-state index in [1.807, 2.05) is 65.3 Å². The molecule has 0 N–H and O–H groups in total. The number of hydrogen-bond acceptors (Lipinski definition) is 5. The van der Waals surface area contributed by atoms with Gasteiger partial charge >= 0.3 is 0 Å². The SMILES string of the molecule is Cc1nc(-c2cc(C(=O)N3CCC(c4nc5ccccc5o4)CC3)n(C)c2)cs1. The van der Waals surface area contributed by atoms with Gasteiger partial charge in [-0.25, -0.2) is 9.97 Å². The molecule has 0 atom stereocenters. The summed E-state index contributed by atoms with van der Waals surface area (Å²) in [7, 11) is 1.92. The van der Waals surface area contributed by atoms with Crippen LogP contribution in [0.2, 0.25) is 0 Å². The normalized spacial score (nSPS) is 15.3. The van der Waals surface area contributed by atoms with Crippen LogP contribution in [0.25, 0.3) is 22.4 Å². The highest BCUT2D eigenvalue weighted by Crippen LogP contribution is 2.31. The number of hydrogen-bond donors (Lipinski definition) is 0. The van der Waals surface area contributed by atoms with Gasteiger partial charge in [-0.3, -0.25) is 4.79 Å². The third-order valence-electron chi connectivity index (χ3n) is 5.58. The van der Waals surface area contributed by atoms with Gasteiger partial charge in [-0.05, 0) is 38.0 Å². The molecular weight excluding hydrogens is 384 g/mol. The number of benzene rings is 1. The van der Waals surface area contributed by atoms with Crippen molar-refractivity contribution < 1.29 is 9.21 Å². The summed E-state index contributed by atoms with van der Waals surface area (Å²) >= 11 is 1.62. The fraction of sp³-hybridized carbons (Fsp3) is 0.318. The van der Waals surface area contributed by atoms with Crippen molar-refractivity contribution in [3.63, 3.8) is 0 Å². The minimum absolute atomic E-state index is 0.0710. The second-order valence-electron chi connectivity index (χ2n) is 7.56. The van der Waals surface area contributed by atoms with E-state index in [1.54, 1.807) is 11.3 Å². The van der Waals surface area contributed by atoms with E-state index >= 15 is 0 Å². The van der Waals surface area contributed by atoms with Crippen LogP contribution in [0, 0.1) is 6.92 Å². The molecule has 1 aliphatic heterocycles. The van der Waals surface area contributed by atoms with E-state index in [9.17, 15) is 4.79 Å². The second kappa shape index (κ2) is 7.15. The van der Waals surface area contributed by atoms with Crippen molar-refractivity contribution in [2.45, 2.75) is 25.7 Å². The minimum atomic E-state index is 0.0710. The van der Waals surface area contributed by atoms with Gasteiger partial charge in [0.05, 0.1) is 10.7 Å². The summed E-state index contributed by atoms with van der Waals surface area (Å²) in [5.74, 6) is 1.12. The van der Waals surface area contributed by atoms with Gasteiger partial charge in [0, 0.05) is 43.2 Å². The first kappa shape index (κ1) is 18.1. The highest BCUT2D eigenvalue weighted by molar-refractivity contribution is 7.09. The highest BCUT2D eigenvalue weighted by Gasteiger charge is 2.28. The number of fused-ring (bicyclic) bond motifs is 1. The number of para-hydroxylation sites is 2. The molecule has 5 rings (SSSR count). The summed E-state index contributed by atoms with van der Waals surface area (Å²) in [4.78, 5) is 24.2. The molecule has 1 saturated heterocycles. The Bertz CT molecular complexity index is 1150. The topological polar surface area (TPSA) is 64.2 Å². The number of carbonyl (C=O) groups excluding carboxylic acids is 1. The van der Waals surface area contributed by atoms with Gasteiger partial charge in [0.15, 0.2) is 11.5 Å². The van der Waals surface area contributed by atoms with E-state index < -0.39 is 0 Å². The maximum absolute atomic E-state index is 13.1. The minimum Gasteiger partial charge on any atom is -0.440 e. The molecule has 6 nitrogen and oxygen atoms in total. The molecule has 1 aliphatic rings. The maximum Gasteiger partial charge on any atom is 0.270 e. The molecule has 1 fully saturated rings. The molecule has 1 aromatic carbocycles. The molecule has 7 heteroatoms. The molecule has 4 aromatic rings. The lowest BCUT2D eigenvalue weighted by Gasteiger charge is -2.30. The van der Waals surface area contributed by atoms with Crippen LogP contribution in [0.5, 0.6) is 0 Å². The summed E-state index contributed by atoms with van der Waals surface area (Å²) in [6.07, 6.45) is 3.70. The van der Waals surface area contributed by atoms with Crippen molar-refractivity contribution >= 4 is 28.3 Å². The van der Waals surface area contributed by atoms with Gasteiger partial charge in [-0.15, -0.1) is 11.3 Å². The number of nitrogens with zero attached hydrogens (tertiary/aromatic N) is 4. The van der Waals surface area contributed by atoms with Gasteiger partial charge < -0.3 is 13.9 Å². The standard InChI is InChI=1S/C22H22N4O2S/c1-14-23-18(13-29-14)16-11-19(25(2)12-16)22(27)26-9-7-15(8-10-26)21-24-17-5-3-4-6-20(17)28-21/h3-6,11-13,15H,7-10H2,1-2H3. The first-order valence-electron chi connectivity index (χ1n) is 9.82. The number of thiazole rings is 1. The monoisotopic (exact) mass is 406 g/mol. The molecule has 148 valence electrons. The summed E-state index contributed by atoms with van der Waals surface area (Å²) in [6, 6.07) is 9.79. The molecule has 0 bridgehead atoms. The van der Waals surface area contributed by atoms with E-state index in [4.69, 9.17) is 4.42 Å². The summed E-state index contributed by atoms with van der Waals surface area (Å²) < 4.78 is 7.84. The van der Waals surface area contributed by atoms with Gasteiger partial charge in [-0.2, -0.15) is 0 Å². The van der Waals surface area contributed by atoms with Gasteiger partial charge in [-0.1, -0.05) is 12.1 Å². The smallest absolute Gasteiger partial charge is 0.270 e. The van der Waals surface area contributed by atoms with Crippen molar-refractivity contribution in [1.29, 1.82) is 0 Å². The highest BCUT2D eigenvalue weighted by atomic mass is 32.1. The Balaban J connectivity index is 1.29. The Morgan fingerprint density at radius 2 is 2.00 bits per heavy atom. The maximum atomic E-state index is 13.1. The Morgan fingerprint density at radius 1 is 1.21 bits per heavy atom. The molecular formula is C22H22N4O2S. The third kappa shape index (κ3) is 3.35. The van der Waals surface area contributed by atoms with Crippen LogP contribution < -0.4 is 0 Å². The lowest BCUT2D eigenvalue weighted by Crippen LogP contribution is -2.38. The van der Waals surface area contributed by atoms with E-state index in [-0.39, 0.29) is 11.8 Å². The molecule has 3 aromatic heterocycles. The lowest BCUT2D eigenvalue weighted by atomic mass is 9.96. The quantitative estimate of drug-likeness (QED) is 0.498. The number of carbonyl (C=O) groups is 1. The number of piperidine rings is 1. The summed E-state index contributed by atoms with van der Waals surface area (Å²) in [5.41, 5.74) is 4.34. The van der Waals surface area contributed by atoms with E-state index in [1.165, 1.54) is 0 Å².